The number of rotatable bonds is 6. The maximum absolute atomic E-state index is 5.25. The summed E-state index contributed by atoms with van der Waals surface area (Å²) < 4.78 is 7.30. The van der Waals surface area contributed by atoms with Crippen LogP contribution in [0.25, 0.3) is 5.65 Å². The van der Waals surface area contributed by atoms with E-state index in [4.69, 9.17) is 4.74 Å². The standard InChI is InChI=1S/C22H29N7O.HI/c1-23-22(24-12-5-7-21-26-25-20-6-3-4-13-29(20)21)28-16-14-27(15-17-28)18-8-10-19(30-2)11-9-18;/h3-4,6,8-11,13H,5,7,12,14-17H2,1-2H3,(H,23,24);1H. The van der Waals surface area contributed by atoms with E-state index in [-0.39, 0.29) is 24.0 Å². The van der Waals surface area contributed by atoms with Crippen LogP contribution in [-0.4, -0.2) is 72.3 Å². The number of halogens is 1. The molecule has 0 amide bonds. The van der Waals surface area contributed by atoms with Crippen molar-refractivity contribution in [3.05, 3.63) is 54.5 Å². The summed E-state index contributed by atoms with van der Waals surface area (Å²) in [6.45, 7) is 4.69. The highest BCUT2D eigenvalue weighted by Gasteiger charge is 2.19. The van der Waals surface area contributed by atoms with Crippen LogP contribution < -0.4 is 15.0 Å². The fourth-order valence-corrected chi connectivity index (χ4v) is 3.81. The predicted octanol–water partition coefficient (Wildman–Crippen LogP) is 2.69. The van der Waals surface area contributed by atoms with Gasteiger partial charge in [0.1, 0.15) is 11.6 Å². The van der Waals surface area contributed by atoms with E-state index in [1.165, 1.54) is 5.69 Å². The van der Waals surface area contributed by atoms with Crippen LogP contribution in [0.2, 0.25) is 0 Å². The number of guanidine groups is 1. The highest BCUT2D eigenvalue weighted by molar-refractivity contribution is 14.0. The molecule has 1 aliphatic heterocycles. The van der Waals surface area contributed by atoms with Gasteiger partial charge in [0.05, 0.1) is 7.11 Å². The SMILES string of the molecule is CN=C(NCCCc1nnc2ccccn12)N1CCN(c2ccc(OC)cc2)CC1.I. The van der Waals surface area contributed by atoms with Crippen molar-refractivity contribution in [2.24, 2.45) is 4.99 Å². The van der Waals surface area contributed by atoms with Gasteiger partial charge in [0.2, 0.25) is 0 Å². The number of benzene rings is 1. The van der Waals surface area contributed by atoms with Crippen LogP contribution in [0.5, 0.6) is 5.75 Å². The fraction of sp³-hybridized carbons (Fsp3) is 0.409. The fourth-order valence-electron chi connectivity index (χ4n) is 3.81. The van der Waals surface area contributed by atoms with Gasteiger partial charge in [0, 0.05) is 58.1 Å². The molecule has 4 rings (SSSR count). The zero-order valence-electron chi connectivity index (χ0n) is 18.1. The number of aryl methyl sites for hydroxylation is 1. The molecule has 0 unspecified atom stereocenters. The van der Waals surface area contributed by atoms with Crippen LogP contribution in [0.1, 0.15) is 12.2 Å². The van der Waals surface area contributed by atoms with Crippen molar-refractivity contribution in [1.29, 1.82) is 0 Å². The summed E-state index contributed by atoms with van der Waals surface area (Å²) in [7, 11) is 3.55. The van der Waals surface area contributed by atoms with E-state index in [1.54, 1.807) is 7.11 Å². The quantitative estimate of drug-likeness (QED) is 0.227. The van der Waals surface area contributed by atoms with Gasteiger partial charge in [-0.15, -0.1) is 34.2 Å². The van der Waals surface area contributed by atoms with E-state index in [1.807, 2.05) is 48.0 Å². The minimum Gasteiger partial charge on any atom is -0.497 e. The maximum atomic E-state index is 5.25. The molecular weight excluding hydrogens is 505 g/mol. The molecule has 8 nitrogen and oxygen atoms in total. The van der Waals surface area contributed by atoms with Gasteiger partial charge in [-0.1, -0.05) is 6.07 Å². The zero-order valence-corrected chi connectivity index (χ0v) is 20.4. The molecule has 166 valence electrons. The summed E-state index contributed by atoms with van der Waals surface area (Å²) in [5.74, 6) is 2.85. The Morgan fingerprint density at radius 3 is 2.55 bits per heavy atom. The minimum absolute atomic E-state index is 0. The van der Waals surface area contributed by atoms with Crippen molar-refractivity contribution in [2.45, 2.75) is 12.8 Å². The van der Waals surface area contributed by atoms with Gasteiger partial charge in [-0.25, -0.2) is 0 Å². The second-order valence-electron chi connectivity index (χ2n) is 7.29. The predicted molar refractivity (Wildman–Crippen MR) is 135 cm³/mol. The Bertz CT molecular complexity index is 981. The third-order valence-corrected chi connectivity index (χ3v) is 5.47. The average molecular weight is 535 g/mol. The first-order chi connectivity index (χ1) is 14.8. The Morgan fingerprint density at radius 2 is 1.84 bits per heavy atom. The van der Waals surface area contributed by atoms with Gasteiger partial charge in [0.15, 0.2) is 11.6 Å². The van der Waals surface area contributed by atoms with Gasteiger partial charge >= 0.3 is 0 Å². The normalized spacial score (nSPS) is 14.5. The Balaban J connectivity index is 0.00000272. The lowest BCUT2D eigenvalue weighted by Crippen LogP contribution is -2.52. The van der Waals surface area contributed by atoms with Crippen LogP contribution in [0.4, 0.5) is 5.69 Å². The van der Waals surface area contributed by atoms with E-state index < -0.39 is 0 Å². The number of methoxy groups -OCH3 is 1. The summed E-state index contributed by atoms with van der Waals surface area (Å²) >= 11 is 0. The number of piperazine rings is 1. The number of fused-ring (bicyclic) bond motifs is 1. The van der Waals surface area contributed by atoms with Gasteiger partial charge in [-0.2, -0.15) is 0 Å². The van der Waals surface area contributed by atoms with Gasteiger partial charge in [-0.3, -0.25) is 9.39 Å². The third kappa shape index (κ3) is 5.57. The molecule has 3 aromatic rings. The second kappa shape index (κ2) is 11.2. The molecule has 1 saturated heterocycles. The maximum Gasteiger partial charge on any atom is 0.193 e. The van der Waals surface area contributed by atoms with Crippen LogP contribution in [0, 0.1) is 0 Å². The number of hydrogen-bond acceptors (Lipinski definition) is 5. The van der Waals surface area contributed by atoms with E-state index >= 15 is 0 Å². The number of anilines is 1. The molecule has 1 N–H and O–H groups in total. The number of aromatic nitrogens is 3. The van der Waals surface area contributed by atoms with Crippen LogP contribution in [0.3, 0.4) is 0 Å². The zero-order chi connectivity index (χ0) is 20.8. The summed E-state index contributed by atoms with van der Waals surface area (Å²) in [5, 5.41) is 12.0. The van der Waals surface area contributed by atoms with Crippen molar-refractivity contribution in [1.82, 2.24) is 24.8 Å². The molecule has 3 heterocycles. The highest BCUT2D eigenvalue weighted by Crippen LogP contribution is 2.20. The van der Waals surface area contributed by atoms with Gasteiger partial charge in [-0.05, 0) is 42.8 Å². The lowest BCUT2D eigenvalue weighted by atomic mass is 10.2. The number of hydrogen-bond donors (Lipinski definition) is 1. The summed E-state index contributed by atoms with van der Waals surface area (Å²) in [6.07, 6.45) is 3.86. The van der Waals surface area contributed by atoms with E-state index in [2.05, 4.69) is 42.4 Å². The Labute approximate surface area is 200 Å². The monoisotopic (exact) mass is 535 g/mol. The molecule has 0 spiro atoms. The molecule has 0 aliphatic carbocycles. The van der Waals surface area contributed by atoms with Crippen LogP contribution in [0.15, 0.2) is 53.7 Å². The molecule has 1 aliphatic rings. The van der Waals surface area contributed by atoms with Crippen molar-refractivity contribution >= 4 is 41.3 Å². The molecule has 1 aromatic carbocycles. The molecule has 0 saturated carbocycles. The van der Waals surface area contributed by atoms with E-state index in [9.17, 15) is 0 Å². The Hall–Kier alpha value is -2.56. The van der Waals surface area contributed by atoms with E-state index in [0.717, 1.165) is 68.7 Å². The van der Waals surface area contributed by atoms with Crippen molar-refractivity contribution in [3.8, 4) is 5.75 Å². The summed E-state index contributed by atoms with van der Waals surface area (Å²) in [4.78, 5) is 9.21. The lowest BCUT2D eigenvalue weighted by molar-refractivity contribution is 0.372. The molecule has 0 radical (unpaired) electrons. The topological polar surface area (TPSA) is 70.3 Å². The van der Waals surface area contributed by atoms with Crippen LogP contribution >= 0.6 is 24.0 Å². The summed E-state index contributed by atoms with van der Waals surface area (Å²) in [6, 6.07) is 14.2. The third-order valence-electron chi connectivity index (χ3n) is 5.47. The molecule has 2 aromatic heterocycles. The highest BCUT2D eigenvalue weighted by atomic mass is 127. The van der Waals surface area contributed by atoms with Gasteiger partial charge < -0.3 is 19.9 Å². The number of nitrogens with one attached hydrogen (secondary N) is 1. The minimum atomic E-state index is 0. The lowest BCUT2D eigenvalue weighted by Gasteiger charge is -2.37. The van der Waals surface area contributed by atoms with E-state index in [0.29, 0.717) is 0 Å². The molecule has 1 fully saturated rings. The number of pyridine rings is 1. The smallest absolute Gasteiger partial charge is 0.193 e. The molecule has 0 atom stereocenters. The second-order valence-corrected chi connectivity index (χ2v) is 7.29. The van der Waals surface area contributed by atoms with Crippen molar-refractivity contribution in [3.63, 3.8) is 0 Å². The first-order valence-electron chi connectivity index (χ1n) is 10.4. The number of nitrogens with zero attached hydrogens (tertiary/aromatic N) is 6. The largest absolute Gasteiger partial charge is 0.497 e. The first kappa shape index (κ1) is 23.1. The van der Waals surface area contributed by atoms with Gasteiger partial charge in [0.25, 0.3) is 0 Å². The Kier molecular flexibility index (Phi) is 8.33. The average Bonchev–Trinajstić information content (AvgIpc) is 3.22. The van der Waals surface area contributed by atoms with Crippen molar-refractivity contribution in [2.75, 3.05) is 51.8 Å². The summed E-state index contributed by atoms with van der Waals surface area (Å²) in [5.41, 5.74) is 2.13. The van der Waals surface area contributed by atoms with Crippen LogP contribution in [-0.2, 0) is 6.42 Å². The molecular formula is C22H30IN7O. The molecule has 31 heavy (non-hydrogen) atoms. The molecule has 9 heteroatoms. The first-order valence-corrected chi connectivity index (χ1v) is 10.4. The van der Waals surface area contributed by atoms with Crippen molar-refractivity contribution < 1.29 is 4.74 Å². The number of aliphatic imine (C=N–C) groups is 1. The number of ether oxygens (including phenoxy) is 1. The molecule has 0 bridgehead atoms. The Morgan fingerprint density at radius 1 is 1.06 bits per heavy atom.